The van der Waals surface area contributed by atoms with Crippen molar-refractivity contribution in [1.29, 1.82) is 0 Å². The Labute approximate surface area is 180 Å². The van der Waals surface area contributed by atoms with Gasteiger partial charge in [0.15, 0.2) is 21.4 Å². The monoisotopic (exact) mass is 442 g/mol. The van der Waals surface area contributed by atoms with Crippen LogP contribution in [-0.4, -0.2) is 38.1 Å². The Hall–Kier alpha value is -3.46. The van der Waals surface area contributed by atoms with E-state index in [1.54, 1.807) is 43.3 Å². The Kier molecular flexibility index (Phi) is 6.55. The van der Waals surface area contributed by atoms with E-state index in [1.807, 2.05) is 0 Å². The van der Waals surface area contributed by atoms with Crippen molar-refractivity contribution in [2.75, 3.05) is 18.2 Å². The second kappa shape index (κ2) is 9.13. The summed E-state index contributed by atoms with van der Waals surface area (Å²) in [4.78, 5) is 23.6. The van der Waals surface area contributed by atoms with Crippen LogP contribution >= 0.6 is 0 Å². The van der Waals surface area contributed by atoms with Gasteiger partial charge in [-0.1, -0.05) is 5.16 Å². The van der Waals surface area contributed by atoms with E-state index in [0.29, 0.717) is 28.3 Å². The number of ether oxygens (including phenoxy) is 1. The highest BCUT2D eigenvalue weighted by molar-refractivity contribution is 7.91. The summed E-state index contributed by atoms with van der Waals surface area (Å²) in [5.74, 6) is -0.330. The highest BCUT2D eigenvalue weighted by Crippen LogP contribution is 2.31. The number of ketones is 1. The van der Waals surface area contributed by atoms with Gasteiger partial charge in [0, 0.05) is 29.3 Å². The molecule has 0 aliphatic heterocycles. The van der Waals surface area contributed by atoms with Gasteiger partial charge < -0.3 is 14.6 Å². The van der Waals surface area contributed by atoms with Crippen molar-refractivity contribution in [3.05, 3.63) is 59.8 Å². The third-order valence-corrected chi connectivity index (χ3v) is 6.31. The van der Waals surface area contributed by atoms with Crippen molar-refractivity contribution in [1.82, 2.24) is 5.16 Å². The maximum Gasteiger partial charge on any atom is 0.225 e. The van der Waals surface area contributed by atoms with E-state index in [1.165, 1.54) is 26.2 Å². The lowest BCUT2D eigenvalue weighted by Crippen LogP contribution is -2.18. The molecule has 0 atom stereocenters. The number of carbonyl (C=O) groups is 2. The number of anilines is 1. The number of benzene rings is 2. The van der Waals surface area contributed by atoms with Crippen LogP contribution in [0.2, 0.25) is 0 Å². The largest absolute Gasteiger partial charge is 0.495 e. The predicted octanol–water partition coefficient (Wildman–Crippen LogP) is 3.66. The third kappa shape index (κ3) is 5.37. The number of nitrogens with zero attached hydrogens (tertiary/aromatic N) is 1. The molecule has 162 valence electrons. The van der Waals surface area contributed by atoms with Crippen molar-refractivity contribution >= 4 is 27.2 Å². The van der Waals surface area contributed by atoms with Crippen molar-refractivity contribution in [2.45, 2.75) is 25.2 Å². The Bertz CT molecular complexity index is 1210. The molecule has 1 aromatic heterocycles. The number of rotatable bonds is 8. The molecule has 0 saturated heterocycles. The number of aromatic nitrogens is 1. The number of hydrogen-bond donors (Lipinski definition) is 1. The molecule has 31 heavy (non-hydrogen) atoms. The Balaban J connectivity index is 1.73. The van der Waals surface area contributed by atoms with Crippen molar-refractivity contribution in [3.63, 3.8) is 0 Å². The number of methoxy groups -OCH3 is 1. The molecule has 0 unspecified atom stereocenters. The lowest BCUT2D eigenvalue weighted by Gasteiger charge is -2.11. The first-order valence-corrected chi connectivity index (χ1v) is 11.1. The van der Waals surface area contributed by atoms with Crippen molar-refractivity contribution in [3.8, 4) is 17.1 Å². The lowest BCUT2D eigenvalue weighted by molar-refractivity contribution is -0.115. The lowest BCUT2D eigenvalue weighted by atomic mass is 10.1. The maximum absolute atomic E-state index is 12.9. The average Bonchev–Trinajstić information content (AvgIpc) is 3.18. The molecule has 0 fully saturated rings. The number of hydrogen-bond acceptors (Lipinski definition) is 7. The number of nitrogens with one attached hydrogen (secondary N) is 1. The van der Waals surface area contributed by atoms with Gasteiger partial charge in [-0.2, -0.15) is 0 Å². The molecule has 0 radical (unpaired) electrons. The van der Waals surface area contributed by atoms with E-state index in [4.69, 9.17) is 9.26 Å². The molecule has 0 aliphatic carbocycles. The molecule has 0 aliphatic rings. The number of sulfone groups is 1. The summed E-state index contributed by atoms with van der Waals surface area (Å²) in [6, 6.07) is 12.7. The van der Waals surface area contributed by atoms with Gasteiger partial charge in [0.2, 0.25) is 5.91 Å². The summed E-state index contributed by atoms with van der Waals surface area (Å²) < 4.78 is 36.3. The highest BCUT2D eigenvalue weighted by Gasteiger charge is 2.23. The summed E-state index contributed by atoms with van der Waals surface area (Å²) in [6.45, 7) is 3.21. The highest BCUT2D eigenvalue weighted by atomic mass is 32.2. The topological polar surface area (TPSA) is 116 Å². The maximum atomic E-state index is 12.9. The van der Waals surface area contributed by atoms with Gasteiger partial charge in [0.1, 0.15) is 10.6 Å². The molecule has 1 amide bonds. The molecule has 1 heterocycles. The summed E-state index contributed by atoms with van der Waals surface area (Å²) in [7, 11) is -2.45. The predicted molar refractivity (Wildman–Crippen MR) is 115 cm³/mol. The molecule has 2 aromatic carbocycles. The van der Waals surface area contributed by atoms with Crippen molar-refractivity contribution in [2.24, 2.45) is 0 Å². The average molecular weight is 442 g/mol. The van der Waals surface area contributed by atoms with Gasteiger partial charge in [0.25, 0.3) is 0 Å². The van der Waals surface area contributed by atoms with E-state index < -0.39 is 21.5 Å². The molecular formula is C22H22N2O6S. The van der Waals surface area contributed by atoms with Crippen LogP contribution in [0.25, 0.3) is 11.3 Å². The van der Waals surface area contributed by atoms with Gasteiger partial charge in [-0.15, -0.1) is 0 Å². The van der Waals surface area contributed by atoms with Gasteiger partial charge in [-0.25, -0.2) is 8.42 Å². The van der Waals surface area contributed by atoms with E-state index in [0.717, 1.165) is 0 Å². The molecule has 1 N–H and O–H groups in total. The molecular weight excluding hydrogens is 420 g/mol. The van der Waals surface area contributed by atoms with Crippen LogP contribution in [0.3, 0.4) is 0 Å². The molecule has 3 rings (SSSR count). The minimum absolute atomic E-state index is 0.0276. The van der Waals surface area contributed by atoms with Crippen LogP contribution in [-0.2, 0) is 14.6 Å². The Morgan fingerprint density at radius 2 is 1.81 bits per heavy atom. The first-order valence-electron chi connectivity index (χ1n) is 9.45. The second-order valence-electron chi connectivity index (χ2n) is 6.95. The Morgan fingerprint density at radius 1 is 1.10 bits per heavy atom. The van der Waals surface area contributed by atoms with Crippen LogP contribution in [0.4, 0.5) is 5.69 Å². The summed E-state index contributed by atoms with van der Waals surface area (Å²) in [5.41, 5.74) is 2.21. The van der Waals surface area contributed by atoms with Gasteiger partial charge >= 0.3 is 0 Å². The summed E-state index contributed by atoms with van der Waals surface area (Å²) in [5, 5.41) is 6.45. The smallest absolute Gasteiger partial charge is 0.225 e. The van der Waals surface area contributed by atoms with Crippen LogP contribution in [0.5, 0.6) is 5.75 Å². The minimum atomic E-state index is -3.82. The second-order valence-corrected chi connectivity index (χ2v) is 9.03. The van der Waals surface area contributed by atoms with Crippen LogP contribution in [0.1, 0.15) is 29.4 Å². The third-order valence-electron chi connectivity index (χ3n) is 4.58. The number of Topliss-reactive ketones (excluding diaryl/α,β-unsaturated/α-hetero) is 1. The van der Waals surface area contributed by atoms with E-state index in [9.17, 15) is 18.0 Å². The van der Waals surface area contributed by atoms with E-state index in [2.05, 4.69) is 10.5 Å². The zero-order valence-electron chi connectivity index (χ0n) is 17.3. The SMILES string of the molecule is COc1ccc(-c2cc(C)no2)cc1S(=O)(=O)CCC(=O)Nc1ccc(C(C)=O)cc1. The quantitative estimate of drug-likeness (QED) is 0.529. The van der Waals surface area contributed by atoms with E-state index in [-0.39, 0.29) is 22.8 Å². The summed E-state index contributed by atoms with van der Waals surface area (Å²) in [6.07, 6.45) is -0.244. The molecule has 3 aromatic rings. The first-order chi connectivity index (χ1) is 14.7. The number of carbonyl (C=O) groups excluding carboxylic acids is 2. The van der Waals surface area contributed by atoms with Gasteiger partial charge in [-0.05, 0) is 56.3 Å². The van der Waals surface area contributed by atoms with Gasteiger partial charge in [0.05, 0.1) is 18.6 Å². The molecule has 9 heteroatoms. The molecule has 0 bridgehead atoms. The molecule has 8 nitrogen and oxygen atoms in total. The molecule has 0 spiro atoms. The first kappa shape index (κ1) is 22.2. The fourth-order valence-corrected chi connectivity index (χ4v) is 4.36. The zero-order chi connectivity index (χ0) is 22.6. The van der Waals surface area contributed by atoms with Crippen LogP contribution in [0.15, 0.2) is 57.9 Å². The molecule has 0 saturated carbocycles. The summed E-state index contributed by atoms with van der Waals surface area (Å²) >= 11 is 0. The number of amides is 1. The van der Waals surface area contributed by atoms with E-state index >= 15 is 0 Å². The Morgan fingerprint density at radius 3 is 2.39 bits per heavy atom. The zero-order valence-corrected chi connectivity index (χ0v) is 18.2. The fraction of sp³-hybridized carbons (Fsp3) is 0.227. The van der Waals surface area contributed by atoms with Gasteiger partial charge in [-0.3, -0.25) is 9.59 Å². The minimum Gasteiger partial charge on any atom is -0.495 e. The van der Waals surface area contributed by atoms with Crippen LogP contribution < -0.4 is 10.1 Å². The van der Waals surface area contributed by atoms with Crippen molar-refractivity contribution < 1.29 is 27.3 Å². The normalized spacial score (nSPS) is 11.2. The fourth-order valence-electron chi connectivity index (χ4n) is 2.92. The van der Waals surface area contributed by atoms with Crippen LogP contribution in [0, 0.1) is 6.92 Å². The standard InChI is InChI=1S/C22H22N2O6S/c1-14-12-20(30-24-14)17-6-9-19(29-3)21(13-17)31(27,28)11-10-22(26)23-18-7-4-16(5-8-18)15(2)25/h4-9,12-13H,10-11H2,1-3H3,(H,23,26). The number of aryl methyl sites for hydroxylation is 1.